The summed E-state index contributed by atoms with van der Waals surface area (Å²) in [6.45, 7) is 0.612. The zero-order valence-electron chi connectivity index (χ0n) is 12.8. The zero-order chi connectivity index (χ0) is 17.2. The number of benzene rings is 2. The molecule has 2 N–H and O–H groups in total. The van der Waals surface area contributed by atoms with Crippen LogP contribution >= 0.6 is 0 Å². The number of aromatic nitrogens is 2. The largest absolute Gasteiger partial charge is 0.416 e. The van der Waals surface area contributed by atoms with E-state index < -0.39 is 11.7 Å². The second-order valence-corrected chi connectivity index (χ2v) is 5.59. The van der Waals surface area contributed by atoms with E-state index in [1.807, 2.05) is 35.0 Å². The summed E-state index contributed by atoms with van der Waals surface area (Å²) < 4.78 is 39.8. The van der Waals surface area contributed by atoms with Crippen molar-refractivity contribution in [1.29, 1.82) is 0 Å². The number of hydrogen-bond acceptors (Lipinski definition) is 2. The monoisotopic (exact) mass is 331 g/mol. The minimum absolute atomic E-state index is 0.466. The average molecular weight is 331 g/mol. The molecule has 0 aliphatic rings. The quantitative estimate of drug-likeness (QED) is 0.731. The predicted molar refractivity (Wildman–Crippen MR) is 86.4 cm³/mol. The number of nitrogens with zero attached hydrogens (tertiary/aromatic N) is 2. The molecule has 0 saturated carbocycles. The SMILES string of the molecule is Nc1cccc(Cn2ccnc2Cc2ccc(C(F)(F)F)cc2)c1. The van der Waals surface area contributed by atoms with Crippen molar-refractivity contribution in [2.45, 2.75) is 19.1 Å². The van der Waals surface area contributed by atoms with Gasteiger partial charge in [0, 0.05) is 31.0 Å². The van der Waals surface area contributed by atoms with Gasteiger partial charge < -0.3 is 10.3 Å². The highest BCUT2D eigenvalue weighted by atomic mass is 19.4. The van der Waals surface area contributed by atoms with Gasteiger partial charge in [0.25, 0.3) is 0 Å². The van der Waals surface area contributed by atoms with E-state index >= 15 is 0 Å². The minimum atomic E-state index is -4.32. The van der Waals surface area contributed by atoms with Crippen LogP contribution in [0.3, 0.4) is 0 Å². The normalized spacial score (nSPS) is 11.6. The number of nitrogen functional groups attached to an aromatic ring is 1. The molecule has 6 heteroatoms. The highest BCUT2D eigenvalue weighted by Gasteiger charge is 2.29. The number of imidazole rings is 1. The van der Waals surface area contributed by atoms with E-state index in [0.29, 0.717) is 18.7 Å². The first-order valence-electron chi connectivity index (χ1n) is 7.42. The maximum Gasteiger partial charge on any atom is 0.416 e. The lowest BCUT2D eigenvalue weighted by Gasteiger charge is -2.10. The van der Waals surface area contributed by atoms with Crippen molar-refractivity contribution in [2.24, 2.45) is 0 Å². The van der Waals surface area contributed by atoms with Crippen LogP contribution in [-0.2, 0) is 19.1 Å². The molecule has 0 spiro atoms. The fourth-order valence-electron chi connectivity index (χ4n) is 2.53. The van der Waals surface area contributed by atoms with Crippen molar-refractivity contribution in [1.82, 2.24) is 9.55 Å². The fraction of sp³-hybridized carbons (Fsp3) is 0.167. The van der Waals surface area contributed by atoms with Crippen molar-refractivity contribution in [3.63, 3.8) is 0 Å². The first-order chi connectivity index (χ1) is 11.4. The Morgan fingerprint density at radius 1 is 1.00 bits per heavy atom. The number of rotatable bonds is 4. The molecule has 0 unspecified atom stereocenters. The van der Waals surface area contributed by atoms with Gasteiger partial charge in [-0.15, -0.1) is 0 Å². The summed E-state index contributed by atoms with van der Waals surface area (Å²) in [5.41, 5.74) is 7.65. The van der Waals surface area contributed by atoms with E-state index in [4.69, 9.17) is 5.73 Å². The first-order valence-corrected chi connectivity index (χ1v) is 7.42. The van der Waals surface area contributed by atoms with Crippen LogP contribution in [0.15, 0.2) is 60.9 Å². The van der Waals surface area contributed by atoms with Gasteiger partial charge in [-0.3, -0.25) is 0 Å². The maximum absolute atomic E-state index is 12.6. The van der Waals surface area contributed by atoms with Gasteiger partial charge in [0.15, 0.2) is 0 Å². The standard InChI is InChI=1S/C18H16F3N3/c19-18(20,21)15-6-4-13(5-7-15)11-17-23-8-9-24(17)12-14-2-1-3-16(22)10-14/h1-10H,11-12,22H2. The van der Waals surface area contributed by atoms with E-state index in [2.05, 4.69) is 4.98 Å². The molecule has 1 aromatic heterocycles. The molecular formula is C18H16F3N3. The van der Waals surface area contributed by atoms with Gasteiger partial charge in [0.2, 0.25) is 0 Å². The molecule has 0 bridgehead atoms. The Balaban J connectivity index is 1.76. The van der Waals surface area contributed by atoms with Gasteiger partial charge >= 0.3 is 6.18 Å². The molecule has 1 heterocycles. The summed E-state index contributed by atoms with van der Waals surface area (Å²) >= 11 is 0. The third kappa shape index (κ3) is 3.76. The maximum atomic E-state index is 12.6. The van der Waals surface area contributed by atoms with E-state index in [9.17, 15) is 13.2 Å². The topological polar surface area (TPSA) is 43.8 Å². The Hall–Kier alpha value is -2.76. The van der Waals surface area contributed by atoms with Gasteiger partial charge in [-0.2, -0.15) is 13.2 Å². The Labute approximate surface area is 137 Å². The first kappa shape index (κ1) is 16.1. The smallest absolute Gasteiger partial charge is 0.399 e. The minimum Gasteiger partial charge on any atom is -0.399 e. The molecule has 3 rings (SSSR count). The molecule has 0 radical (unpaired) electrons. The Morgan fingerprint density at radius 3 is 2.42 bits per heavy atom. The number of alkyl halides is 3. The molecule has 3 nitrogen and oxygen atoms in total. The van der Waals surface area contributed by atoms with Crippen LogP contribution in [-0.4, -0.2) is 9.55 Å². The Morgan fingerprint density at radius 2 is 1.75 bits per heavy atom. The van der Waals surface area contributed by atoms with E-state index in [0.717, 1.165) is 29.1 Å². The summed E-state index contributed by atoms with van der Waals surface area (Å²) in [6, 6.07) is 12.7. The van der Waals surface area contributed by atoms with Gasteiger partial charge in [-0.05, 0) is 35.4 Å². The molecule has 0 aliphatic carbocycles. The Kier molecular flexibility index (Phi) is 4.29. The van der Waals surface area contributed by atoms with Crippen LogP contribution in [0.5, 0.6) is 0 Å². The number of hydrogen-bond donors (Lipinski definition) is 1. The van der Waals surface area contributed by atoms with Crippen LogP contribution in [0.1, 0.15) is 22.5 Å². The van der Waals surface area contributed by atoms with E-state index in [-0.39, 0.29) is 0 Å². The molecule has 124 valence electrons. The van der Waals surface area contributed by atoms with Crippen molar-refractivity contribution in [3.8, 4) is 0 Å². The summed E-state index contributed by atoms with van der Waals surface area (Å²) in [6.07, 6.45) is -0.313. The van der Waals surface area contributed by atoms with Crippen LogP contribution in [0.2, 0.25) is 0 Å². The van der Waals surface area contributed by atoms with E-state index in [1.54, 1.807) is 6.20 Å². The molecule has 24 heavy (non-hydrogen) atoms. The predicted octanol–water partition coefficient (Wildman–Crippen LogP) is 4.12. The molecule has 0 atom stereocenters. The molecular weight excluding hydrogens is 315 g/mol. The van der Waals surface area contributed by atoms with Crippen molar-refractivity contribution in [3.05, 3.63) is 83.4 Å². The van der Waals surface area contributed by atoms with Gasteiger partial charge in [-0.25, -0.2) is 4.98 Å². The highest BCUT2D eigenvalue weighted by molar-refractivity contribution is 5.40. The van der Waals surface area contributed by atoms with Crippen LogP contribution in [0, 0.1) is 0 Å². The van der Waals surface area contributed by atoms with E-state index in [1.165, 1.54) is 12.1 Å². The molecule has 3 aromatic rings. The highest BCUT2D eigenvalue weighted by Crippen LogP contribution is 2.29. The lowest BCUT2D eigenvalue weighted by atomic mass is 10.1. The van der Waals surface area contributed by atoms with Crippen molar-refractivity contribution >= 4 is 5.69 Å². The number of nitrogens with two attached hydrogens (primary N) is 1. The van der Waals surface area contributed by atoms with Crippen molar-refractivity contribution < 1.29 is 13.2 Å². The molecule has 0 aliphatic heterocycles. The molecule has 0 saturated heterocycles. The average Bonchev–Trinajstić information content (AvgIpc) is 2.94. The van der Waals surface area contributed by atoms with Gasteiger partial charge in [0.1, 0.15) is 5.82 Å². The summed E-state index contributed by atoms with van der Waals surface area (Å²) in [5, 5.41) is 0. The lowest BCUT2D eigenvalue weighted by molar-refractivity contribution is -0.137. The third-order valence-electron chi connectivity index (χ3n) is 3.75. The van der Waals surface area contributed by atoms with Crippen LogP contribution in [0.4, 0.5) is 18.9 Å². The third-order valence-corrected chi connectivity index (χ3v) is 3.75. The summed E-state index contributed by atoms with van der Waals surface area (Å²) in [5.74, 6) is 0.789. The molecule has 0 amide bonds. The van der Waals surface area contributed by atoms with Crippen LogP contribution in [0.25, 0.3) is 0 Å². The lowest BCUT2D eigenvalue weighted by Crippen LogP contribution is -2.07. The van der Waals surface area contributed by atoms with Crippen LogP contribution < -0.4 is 5.73 Å². The fourth-order valence-corrected chi connectivity index (χ4v) is 2.53. The molecule has 0 fully saturated rings. The Bertz CT molecular complexity index is 820. The van der Waals surface area contributed by atoms with Gasteiger partial charge in [0.05, 0.1) is 5.56 Å². The second kappa shape index (κ2) is 6.39. The van der Waals surface area contributed by atoms with Gasteiger partial charge in [-0.1, -0.05) is 24.3 Å². The summed E-state index contributed by atoms with van der Waals surface area (Å²) in [7, 11) is 0. The number of anilines is 1. The summed E-state index contributed by atoms with van der Waals surface area (Å²) in [4.78, 5) is 4.31. The second-order valence-electron chi connectivity index (χ2n) is 5.59. The number of halogens is 3. The molecule has 2 aromatic carbocycles. The van der Waals surface area contributed by atoms with Crippen molar-refractivity contribution in [2.75, 3.05) is 5.73 Å². The zero-order valence-corrected chi connectivity index (χ0v) is 12.8.